The first-order valence-corrected chi connectivity index (χ1v) is 9.99. The second-order valence-electron chi connectivity index (χ2n) is 6.55. The maximum Gasteiger partial charge on any atom is 0.354 e. The third kappa shape index (κ3) is 4.28. The molecule has 0 bridgehead atoms. The number of amides is 1. The Balaban J connectivity index is 1.85. The van der Waals surface area contributed by atoms with Gasteiger partial charge in [0.15, 0.2) is 5.69 Å². The van der Waals surface area contributed by atoms with Crippen LogP contribution in [0.4, 0.5) is 8.78 Å². The number of benzene rings is 1. The summed E-state index contributed by atoms with van der Waals surface area (Å²) in [7, 11) is -4.32. The van der Waals surface area contributed by atoms with Gasteiger partial charge in [-0.1, -0.05) is 12.1 Å². The molecule has 0 aliphatic carbocycles. The van der Waals surface area contributed by atoms with Crippen LogP contribution in [0.15, 0.2) is 36.5 Å². The molecule has 1 aromatic heterocycles. The van der Waals surface area contributed by atoms with Crippen LogP contribution in [-0.4, -0.2) is 54.4 Å². The Morgan fingerprint density at radius 1 is 1.24 bits per heavy atom. The Morgan fingerprint density at radius 2 is 1.90 bits per heavy atom. The number of carbonyl (C=O) groups excluding carboxylic acids is 1. The highest BCUT2D eigenvalue weighted by Crippen LogP contribution is 2.27. The number of nitrogens with two attached hydrogens (primary N) is 1. The molecule has 156 valence electrons. The number of nitrogens with zero attached hydrogens (tertiary/aromatic N) is 1. The van der Waals surface area contributed by atoms with E-state index in [-0.39, 0.29) is 17.5 Å². The summed E-state index contributed by atoms with van der Waals surface area (Å²) >= 11 is 0. The fourth-order valence-electron chi connectivity index (χ4n) is 3.13. The summed E-state index contributed by atoms with van der Waals surface area (Å²) < 4.78 is 51.2. The van der Waals surface area contributed by atoms with E-state index in [0.717, 1.165) is 6.20 Å². The first-order valence-electron chi connectivity index (χ1n) is 8.48. The zero-order chi connectivity index (χ0) is 21.4. The summed E-state index contributed by atoms with van der Waals surface area (Å²) in [6.07, 6.45) is 1.09. The number of carboxylic acid groups (broad SMARTS) is 1. The van der Waals surface area contributed by atoms with Gasteiger partial charge >= 0.3 is 16.2 Å². The van der Waals surface area contributed by atoms with Gasteiger partial charge in [-0.05, 0) is 36.7 Å². The van der Waals surface area contributed by atoms with Crippen molar-refractivity contribution in [3.8, 4) is 11.1 Å². The highest BCUT2D eigenvalue weighted by Gasteiger charge is 2.42. The molecule has 1 aromatic carbocycles. The molecule has 3 rings (SSSR count). The number of halogens is 2. The zero-order valence-corrected chi connectivity index (χ0v) is 15.7. The molecule has 1 atom stereocenters. The van der Waals surface area contributed by atoms with Crippen molar-refractivity contribution in [1.29, 1.82) is 0 Å². The van der Waals surface area contributed by atoms with E-state index in [9.17, 15) is 31.9 Å². The number of carbonyl (C=O) groups is 2. The molecule has 1 fully saturated rings. The number of nitrogens with one attached hydrogen (secondary N) is 2. The van der Waals surface area contributed by atoms with Crippen LogP contribution in [0, 0.1) is 0 Å². The summed E-state index contributed by atoms with van der Waals surface area (Å²) in [5, 5.41) is 19.3. The van der Waals surface area contributed by atoms with Gasteiger partial charge in [0.25, 0.3) is 11.8 Å². The number of hydrogen-bond donors (Lipinski definition) is 4. The van der Waals surface area contributed by atoms with Gasteiger partial charge in [-0.2, -0.15) is 8.42 Å². The minimum absolute atomic E-state index is 0.0726. The molecule has 12 heteroatoms. The van der Waals surface area contributed by atoms with Crippen molar-refractivity contribution in [3.63, 3.8) is 0 Å². The molecule has 1 saturated heterocycles. The Morgan fingerprint density at radius 3 is 2.45 bits per heavy atom. The predicted molar refractivity (Wildman–Crippen MR) is 99.0 cm³/mol. The van der Waals surface area contributed by atoms with Crippen molar-refractivity contribution in [1.82, 2.24) is 14.6 Å². The van der Waals surface area contributed by atoms with Gasteiger partial charge in [0.1, 0.15) is 0 Å². The van der Waals surface area contributed by atoms with Crippen molar-refractivity contribution >= 4 is 22.1 Å². The number of aromatic carboxylic acids is 1. The van der Waals surface area contributed by atoms with Crippen molar-refractivity contribution in [2.45, 2.75) is 18.4 Å². The summed E-state index contributed by atoms with van der Waals surface area (Å²) in [6, 6.07) is 5.43. The number of piperidine rings is 1. The van der Waals surface area contributed by atoms with Crippen LogP contribution in [0.25, 0.3) is 11.1 Å². The molecular weight excluding hydrogens is 410 g/mol. The molecule has 0 saturated carbocycles. The summed E-state index contributed by atoms with van der Waals surface area (Å²) in [5.74, 6) is -5.27. The SMILES string of the molecule is NS(=O)(=O)n1ccc(-c2ccc(C(=O)NC3CCNCC3(F)F)cc2)c1C(=O)O. The van der Waals surface area contributed by atoms with E-state index >= 15 is 0 Å². The van der Waals surface area contributed by atoms with E-state index in [1.54, 1.807) is 0 Å². The van der Waals surface area contributed by atoms with Crippen molar-refractivity contribution in [2.75, 3.05) is 13.1 Å². The average molecular weight is 428 g/mol. The molecule has 0 radical (unpaired) electrons. The van der Waals surface area contributed by atoms with E-state index in [1.165, 1.54) is 30.3 Å². The third-order valence-electron chi connectivity index (χ3n) is 4.57. The fourth-order valence-corrected chi connectivity index (χ4v) is 3.79. The lowest BCUT2D eigenvalue weighted by Crippen LogP contribution is -2.57. The molecular formula is C17H18F2N4O5S. The predicted octanol–water partition coefficient (Wildman–Crippen LogP) is 0.632. The highest BCUT2D eigenvalue weighted by atomic mass is 32.2. The van der Waals surface area contributed by atoms with Crippen LogP contribution in [0.2, 0.25) is 0 Å². The maximum absolute atomic E-state index is 13.9. The normalized spacial score (nSPS) is 18.9. The second-order valence-corrected chi connectivity index (χ2v) is 7.98. The van der Waals surface area contributed by atoms with Gasteiger partial charge in [0, 0.05) is 17.3 Å². The van der Waals surface area contributed by atoms with Crippen molar-refractivity contribution in [2.24, 2.45) is 5.14 Å². The van der Waals surface area contributed by atoms with Gasteiger partial charge in [0.2, 0.25) is 0 Å². The number of alkyl halides is 2. The Bertz CT molecular complexity index is 1050. The monoisotopic (exact) mass is 428 g/mol. The smallest absolute Gasteiger partial charge is 0.354 e. The topological polar surface area (TPSA) is 144 Å². The molecule has 2 heterocycles. The lowest BCUT2D eigenvalue weighted by atomic mass is 10.0. The van der Waals surface area contributed by atoms with Crippen LogP contribution >= 0.6 is 0 Å². The van der Waals surface area contributed by atoms with Crippen molar-refractivity contribution in [3.05, 3.63) is 47.8 Å². The molecule has 0 spiro atoms. The number of carboxylic acids is 1. The first kappa shape index (κ1) is 20.9. The Labute approximate surface area is 164 Å². The lowest BCUT2D eigenvalue weighted by molar-refractivity contribution is -0.0487. The average Bonchev–Trinajstić information content (AvgIpc) is 3.09. The molecule has 9 nitrogen and oxygen atoms in total. The zero-order valence-electron chi connectivity index (χ0n) is 14.9. The van der Waals surface area contributed by atoms with E-state index < -0.39 is 46.3 Å². The van der Waals surface area contributed by atoms with Crippen LogP contribution in [0.3, 0.4) is 0 Å². The van der Waals surface area contributed by atoms with E-state index in [2.05, 4.69) is 10.6 Å². The van der Waals surface area contributed by atoms with E-state index in [1.807, 2.05) is 0 Å². The van der Waals surface area contributed by atoms with Gasteiger partial charge in [-0.3, -0.25) is 4.79 Å². The lowest BCUT2D eigenvalue weighted by Gasteiger charge is -2.32. The minimum atomic E-state index is -4.32. The van der Waals surface area contributed by atoms with Gasteiger partial charge < -0.3 is 15.7 Å². The maximum atomic E-state index is 13.9. The number of aromatic nitrogens is 1. The fraction of sp³-hybridized carbons (Fsp3) is 0.294. The van der Waals surface area contributed by atoms with E-state index in [4.69, 9.17) is 5.14 Å². The standard InChI is InChI=1S/C17H18F2N4O5S/c18-17(19)9-21-7-5-13(17)22-15(24)11-3-1-10(2-4-11)12-6-8-23(29(20,27)28)14(12)16(25)26/h1-4,6,8,13,21H,5,7,9H2,(H,22,24)(H,25,26)(H2,20,27,28). The largest absolute Gasteiger partial charge is 0.477 e. The molecule has 1 unspecified atom stereocenters. The number of rotatable bonds is 5. The second kappa shape index (κ2) is 7.54. The minimum Gasteiger partial charge on any atom is -0.477 e. The van der Waals surface area contributed by atoms with Gasteiger partial charge in [0.05, 0.1) is 12.6 Å². The number of hydrogen-bond acceptors (Lipinski definition) is 5. The summed E-state index contributed by atoms with van der Waals surface area (Å²) in [5.41, 5.74) is -0.0678. The van der Waals surface area contributed by atoms with E-state index in [0.29, 0.717) is 16.1 Å². The first-order chi connectivity index (χ1) is 13.5. The molecule has 5 N–H and O–H groups in total. The van der Waals surface area contributed by atoms with Crippen molar-refractivity contribution < 1.29 is 31.9 Å². The third-order valence-corrected chi connectivity index (χ3v) is 5.43. The molecule has 2 aromatic rings. The quantitative estimate of drug-likeness (QED) is 0.550. The van der Waals surface area contributed by atoms with Gasteiger partial charge in [-0.15, -0.1) is 0 Å². The van der Waals surface area contributed by atoms with Gasteiger partial charge in [-0.25, -0.2) is 22.7 Å². The van der Waals surface area contributed by atoms with Crippen LogP contribution in [0.5, 0.6) is 0 Å². The van der Waals surface area contributed by atoms with Crippen LogP contribution in [0.1, 0.15) is 27.3 Å². The Kier molecular flexibility index (Phi) is 5.43. The van der Waals surface area contributed by atoms with Crippen LogP contribution in [-0.2, 0) is 10.2 Å². The molecule has 1 amide bonds. The molecule has 1 aliphatic rings. The summed E-state index contributed by atoms with van der Waals surface area (Å²) in [6.45, 7) is -0.158. The molecule has 1 aliphatic heterocycles. The van der Waals surface area contributed by atoms with Crippen LogP contribution < -0.4 is 15.8 Å². The Hall–Kier alpha value is -2.83. The molecule has 29 heavy (non-hydrogen) atoms. The highest BCUT2D eigenvalue weighted by molar-refractivity contribution is 7.87. The summed E-state index contributed by atoms with van der Waals surface area (Å²) in [4.78, 5) is 23.8.